The minimum Gasteiger partial charge on any atom is -0.352 e. The Balaban J connectivity index is 1.70. The summed E-state index contributed by atoms with van der Waals surface area (Å²) in [5.41, 5.74) is 2.90. The maximum Gasteiger partial charge on any atom is 0.252 e. The summed E-state index contributed by atoms with van der Waals surface area (Å²) in [6.45, 7) is 3.71. The van der Waals surface area contributed by atoms with Gasteiger partial charge in [0, 0.05) is 35.3 Å². The van der Waals surface area contributed by atoms with Gasteiger partial charge in [0.25, 0.3) is 5.91 Å². The highest BCUT2D eigenvalue weighted by atomic mass is 79.9. The van der Waals surface area contributed by atoms with E-state index in [0.29, 0.717) is 12.1 Å². The van der Waals surface area contributed by atoms with Crippen LogP contribution in [0.2, 0.25) is 0 Å². The molecule has 5 heteroatoms. The van der Waals surface area contributed by atoms with Gasteiger partial charge in [0.05, 0.1) is 5.56 Å². The fourth-order valence-electron chi connectivity index (χ4n) is 2.86. The first-order valence-corrected chi connectivity index (χ1v) is 8.95. The molecule has 0 aliphatic heterocycles. The number of hydrogen-bond donors (Lipinski definition) is 1. The average molecular weight is 386 g/mol. The molecule has 2 heterocycles. The van der Waals surface area contributed by atoms with E-state index in [4.69, 9.17) is 0 Å². The predicted molar refractivity (Wildman–Crippen MR) is 100 cm³/mol. The number of carbonyl (C=O) groups is 1. The SMILES string of the molecule is CCCn1cc(CCNC(=O)c2ccccc2Br)c2cccnc21. The molecule has 4 nitrogen and oxygen atoms in total. The van der Waals surface area contributed by atoms with Gasteiger partial charge in [-0.2, -0.15) is 0 Å². The van der Waals surface area contributed by atoms with Gasteiger partial charge < -0.3 is 9.88 Å². The minimum atomic E-state index is -0.0575. The fourth-order valence-corrected chi connectivity index (χ4v) is 3.32. The van der Waals surface area contributed by atoms with E-state index >= 15 is 0 Å². The van der Waals surface area contributed by atoms with E-state index < -0.39 is 0 Å². The molecule has 3 rings (SSSR count). The molecule has 1 aromatic carbocycles. The number of halogens is 1. The smallest absolute Gasteiger partial charge is 0.252 e. The standard InChI is InChI=1S/C19H20BrN3O/c1-2-12-23-13-14(15-7-5-10-21-18(15)23)9-11-22-19(24)16-6-3-4-8-17(16)20/h3-8,10,13H,2,9,11-12H2,1H3,(H,22,24). The van der Waals surface area contributed by atoms with Crippen molar-refractivity contribution in [1.82, 2.24) is 14.9 Å². The Morgan fingerprint density at radius 2 is 2.08 bits per heavy atom. The quantitative estimate of drug-likeness (QED) is 0.691. The zero-order valence-electron chi connectivity index (χ0n) is 13.6. The van der Waals surface area contributed by atoms with Crippen LogP contribution in [0.4, 0.5) is 0 Å². The number of nitrogens with zero attached hydrogens (tertiary/aromatic N) is 2. The normalized spacial score (nSPS) is 10.9. The predicted octanol–water partition coefficient (Wildman–Crippen LogP) is 4.18. The third-order valence-corrected chi connectivity index (χ3v) is 4.67. The van der Waals surface area contributed by atoms with Crippen LogP contribution < -0.4 is 5.32 Å². The molecule has 0 bridgehead atoms. The van der Waals surface area contributed by atoms with E-state index in [1.54, 1.807) is 0 Å². The van der Waals surface area contributed by atoms with Crippen LogP contribution in [0.1, 0.15) is 29.3 Å². The molecule has 1 N–H and O–H groups in total. The zero-order valence-corrected chi connectivity index (χ0v) is 15.2. The molecule has 0 atom stereocenters. The number of amides is 1. The lowest BCUT2D eigenvalue weighted by Gasteiger charge is -2.06. The molecule has 0 spiro atoms. The van der Waals surface area contributed by atoms with E-state index in [-0.39, 0.29) is 5.91 Å². The highest BCUT2D eigenvalue weighted by molar-refractivity contribution is 9.10. The van der Waals surface area contributed by atoms with Crippen molar-refractivity contribution in [3.8, 4) is 0 Å². The molecule has 0 unspecified atom stereocenters. The van der Waals surface area contributed by atoms with Crippen molar-refractivity contribution >= 4 is 32.9 Å². The summed E-state index contributed by atoms with van der Waals surface area (Å²) >= 11 is 3.41. The van der Waals surface area contributed by atoms with Crippen molar-refractivity contribution in [1.29, 1.82) is 0 Å². The van der Waals surface area contributed by atoms with Crippen LogP contribution >= 0.6 is 15.9 Å². The van der Waals surface area contributed by atoms with Crippen LogP contribution in [0, 0.1) is 0 Å². The lowest BCUT2D eigenvalue weighted by molar-refractivity contribution is 0.0953. The number of benzene rings is 1. The van der Waals surface area contributed by atoms with E-state index in [1.165, 1.54) is 10.9 Å². The largest absolute Gasteiger partial charge is 0.352 e. The minimum absolute atomic E-state index is 0.0575. The average Bonchev–Trinajstić information content (AvgIpc) is 2.94. The number of fused-ring (bicyclic) bond motifs is 1. The summed E-state index contributed by atoms with van der Waals surface area (Å²) in [6, 6.07) is 11.5. The topological polar surface area (TPSA) is 46.9 Å². The van der Waals surface area contributed by atoms with Gasteiger partial charge in [0.1, 0.15) is 5.65 Å². The summed E-state index contributed by atoms with van der Waals surface area (Å²) < 4.78 is 3.01. The summed E-state index contributed by atoms with van der Waals surface area (Å²) in [5, 5.41) is 4.16. The molecule has 2 aromatic heterocycles. The van der Waals surface area contributed by atoms with Crippen molar-refractivity contribution in [2.24, 2.45) is 0 Å². The Kier molecular flexibility index (Phi) is 5.30. The number of aromatic nitrogens is 2. The van der Waals surface area contributed by atoms with Crippen LogP contribution in [0.3, 0.4) is 0 Å². The van der Waals surface area contributed by atoms with Gasteiger partial charge in [0.15, 0.2) is 0 Å². The van der Waals surface area contributed by atoms with Crippen molar-refractivity contribution in [2.45, 2.75) is 26.3 Å². The monoisotopic (exact) mass is 385 g/mol. The van der Waals surface area contributed by atoms with Crippen LogP contribution in [0.5, 0.6) is 0 Å². The van der Waals surface area contributed by atoms with Gasteiger partial charge in [-0.1, -0.05) is 19.1 Å². The van der Waals surface area contributed by atoms with Crippen molar-refractivity contribution in [2.75, 3.05) is 6.54 Å². The molecule has 0 aliphatic rings. The van der Waals surface area contributed by atoms with E-state index in [0.717, 1.165) is 29.5 Å². The number of aryl methyl sites for hydroxylation is 1. The maximum atomic E-state index is 12.3. The molecule has 0 aliphatic carbocycles. The van der Waals surface area contributed by atoms with Gasteiger partial charge in [-0.3, -0.25) is 4.79 Å². The van der Waals surface area contributed by atoms with Crippen LogP contribution in [-0.4, -0.2) is 22.0 Å². The Bertz CT molecular complexity index is 857. The second-order valence-corrected chi connectivity index (χ2v) is 6.56. The fraction of sp³-hybridized carbons (Fsp3) is 0.263. The highest BCUT2D eigenvalue weighted by Gasteiger charge is 2.11. The Hall–Kier alpha value is -2.14. The lowest BCUT2D eigenvalue weighted by atomic mass is 10.1. The molecule has 0 fully saturated rings. The zero-order chi connectivity index (χ0) is 16.9. The summed E-state index contributed by atoms with van der Waals surface area (Å²) in [4.78, 5) is 16.8. The van der Waals surface area contributed by atoms with Gasteiger partial charge in [0.2, 0.25) is 0 Å². The van der Waals surface area contributed by atoms with E-state index in [9.17, 15) is 4.79 Å². The van der Waals surface area contributed by atoms with Crippen LogP contribution in [-0.2, 0) is 13.0 Å². The lowest BCUT2D eigenvalue weighted by Crippen LogP contribution is -2.25. The summed E-state index contributed by atoms with van der Waals surface area (Å²) in [5.74, 6) is -0.0575. The van der Waals surface area contributed by atoms with E-state index in [2.05, 4.69) is 50.0 Å². The Labute approximate surface area is 150 Å². The molecular weight excluding hydrogens is 366 g/mol. The molecule has 0 saturated carbocycles. The highest BCUT2D eigenvalue weighted by Crippen LogP contribution is 2.20. The Morgan fingerprint density at radius 1 is 1.25 bits per heavy atom. The first-order valence-electron chi connectivity index (χ1n) is 8.16. The number of pyridine rings is 1. The maximum absolute atomic E-state index is 12.3. The van der Waals surface area contributed by atoms with Crippen molar-refractivity contribution in [3.05, 3.63) is 64.4 Å². The Morgan fingerprint density at radius 3 is 2.88 bits per heavy atom. The van der Waals surface area contributed by atoms with Gasteiger partial charge in [-0.15, -0.1) is 0 Å². The summed E-state index contributed by atoms with van der Waals surface area (Å²) in [6.07, 6.45) is 5.84. The van der Waals surface area contributed by atoms with Gasteiger partial charge in [-0.05, 0) is 58.6 Å². The molecule has 3 aromatic rings. The molecule has 124 valence electrons. The van der Waals surface area contributed by atoms with Gasteiger partial charge in [-0.25, -0.2) is 4.98 Å². The second kappa shape index (κ2) is 7.62. The molecular formula is C19H20BrN3O. The van der Waals surface area contributed by atoms with Crippen molar-refractivity contribution < 1.29 is 4.79 Å². The van der Waals surface area contributed by atoms with Crippen LogP contribution in [0.25, 0.3) is 11.0 Å². The van der Waals surface area contributed by atoms with Gasteiger partial charge >= 0.3 is 0 Å². The molecule has 0 radical (unpaired) electrons. The first-order chi connectivity index (χ1) is 11.7. The van der Waals surface area contributed by atoms with E-state index in [1.807, 2.05) is 36.5 Å². The number of nitrogens with one attached hydrogen (secondary N) is 1. The third-order valence-electron chi connectivity index (χ3n) is 3.98. The molecule has 24 heavy (non-hydrogen) atoms. The van der Waals surface area contributed by atoms with Crippen LogP contribution in [0.15, 0.2) is 53.3 Å². The number of hydrogen-bond acceptors (Lipinski definition) is 2. The molecule has 0 saturated heterocycles. The second-order valence-electron chi connectivity index (χ2n) is 5.71. The molecule has 1 amide bonds. The third kappa shape index (κ3) is 3.51. The summed E-state index contributed by atoms with van der Waals surface area (Å²) in [7, 11) is 0. The number of carbonyl (C=O) groups excluding carboxylic acids is 1. The number of rotatable bonds is 6. The van der Waals surface area contributed by atoms with Crippen molar-refractivity contribution in [3.63, 3.8) is 0 Å². The first kappa shape index (κ1) is 16.7.